The Morgan fingerprint density at radius 1 is 1.30 bits per heavy atom. The maximum atomic E-state index is 13.0. The molecule has 0 heterocycles. The highest BCUT2D eigenvalue weighted by Crippen LogP contribution is 2.35. The van der Waals surface area contributed by atoms with Crippen LogP contribution in [0.2, 0.25) is 0 Å². The number of benzene rings is 2. The number of ether oxygens (including phenoxy) is 3. The molecule has 0 saturated carbocycles. The van der Waals surface area contributed by atoms with Crippen molar-refractivity contribution >= 4 is 34.6 Å². The molecule has 2 rings (SSSR count). The molecule has 0 unspecified atom stereocenters. The Hall–Kier alpha value is -2.60. The molecule has 2 aromatic rings. The van der Waals surface area contributed by atoms with Crippen molar-refractivity contribution in [1.82, 2.24) is 0 Å². The van der Waals surface area contributed by atoms with E-state index in [4.69, 9.17) is 19.5 Å². The van der Waals surface area contributed by atoms with Crippen molar-refractivity contribution in [2.45, 2.75) is 13.5 Å². The van der Waals surface area contributed by atoms with E-state index < -0.39 is 5.97 Å². The molecule has 0 saturated heterocycles. The maximum Gasteiger partial charge on any atom is 0.348 e. The van der Waals surface area contributed by atoms with Crippen molar-refractivity contribution in [3.8, 4) is 17.6 Å². The molecule has 0 aliphatic carbocycles. The van der Waals surface area contributed by atoms with Crippen LogP contribution in [0.3, 0.4) is 0 Å². The molecule has 0 aliphatic rings. The molecular weight excluding hydrogens is 464 g/mol. The Balaban J connectivity index is 2.27. The van der Waals surface area contributed by atoms with Gasteiger partial charge in [0.05, 0.1) is 17.3 Å². The van der Waals surface area contributed by atoms with Gasteiger partial charge in [0.15, 0.2) is 11.5 Å². The third-order valence-corrected chi connectivity index (χ3v) is 4.28. The summed E-state index contributed by atoms with van der Waals surface area (Å²) in [6, 6.07) is 11.3. The number of esters is 1. The van der Waals surface area contributed by atoms with Gasteiger partial charge in [0.1, 0.15) is 24.1 Å². The lowest BCUT2D eigenvalue weighted by Crippen LogP contribution is -2.06. The molecule has 0 aliphatic heterocycles. The first-order chi connectivity index (χ1) is 13.0. The number of nitrogens with zero attached hydrogens (tertiary/aromatic N) is 1. The molecule has 7 heteroatoms. The average Bonchev–Trinajstić information content (AvgIpc) is 2.66. The van der Waals surface area contributed by atoms with E-state index in [2.05, 4.69) is 22.6 Å². The molecule has 5 nitrogen and oxygen atoms in total. The molecule has 0 N–H and O–H groups in total. The molecule has 27 heavy (non-hydrogen) atoms. The third-order valence-electron chi connectivity index (χ3n) is 3.48. The highest BCUT2D eigenvalue weighted by Gasteiger charge is 2.14. The lowest BCUT2D eigenvalue weighted by molar-refractivity contribution is -0.137. The molecule has 0 amide bonds. The SMILES string of the molecule is CCOC(=O)C(C#N)=Cc1cc(I)c(OCc2ccc(F)cc2)c(OC)c1. The molecule has 0 fully saturated rings. The van der Waals surface area contributed by atoms with E-state index in [1.165, 1.54) is 25.3 Å². The first-order valence-electron chi connectivity index (χ1n) is 8.02. The predicted molar refractivity (Wildman–Crippen MR) is 107 cm³/mol. The lowest BCUT2D eigenvalue weighted by Gasteiger charge is -2.14. The van der Waals surface area contributed by atoms with Crippen molar-refractivity contribution in [1.29, 1.82) is 5.26 Å². The van der Waals surface area contributed by atoms with E-state index in [0.717, 1.165) is 9.13 Å². The van der Waals surface area contributed by atoms with Gasteiger partial charge in [-0.3, -0.25) is 0 Å². The van der Waals surface area contributed by atoms with E-state index in [-0.39, 0.29) is 24.6 Å². The number of rotatable bonds is 7. The van der Waals surface area contributed by atoms with Crippen molar-refractivity contribution in [3.63, 3.8) is 0 Å². The predicted octanol–water partition coefficient (Wildman–Crippen LogP) is 4.49. The van der Waals surface area contributed by atoms with Crippen LogP contribution in [0.1, 0.15) is 18.1 Å². The first-order valence-corrected chi connectivity index (χ1v) is 9.10. The smallest absolute Gasteiger partial charge is 0.348 e. The standard InChI is InChI=1S/C20H17FINO4/c1-3-26-20(24)15(11-23)8-14-9-17(22)19(18(10-14)25-2)27-12-13-4-6-16(21)7-5-13/h4-10H,3,12H2,1-2H3. The van der Waals surface area contributed by atoms with E-state index in [1.807, 2.05) is 6.07 Å². The number of methoxy groups -OCH3 is 1. The van der Waals surface area contributed by atoms with Crippen LogP contribution in [-0.2, 0) is 16.1 Å². The number of carbonyl (C=O) groups excluding carboxylic acids is 1. The number of halogens is 2. The second-order valence-corrected chi connectivity index (χ2v) is 6.50. The summed E-state index contributed by atoms with van der Waals surface area (Å²) in [6.45, 7) is 2.11. The second kappa shape index (κ2) is 9.92. The minimum Gasteiger partial charge on any atom is -0.493 e. The van der Waals surface area contributed by atoms with Crippen LogP contribution >= 0.6 is 22.6 Å². The zero-order valence-corrected chi connectivity index (χ0v) is 16.9. The summed E-state index contributed by atoms with van der Waals surface area (Å²) in [7, 11) is 1.50. The Morgan fingerprint density at radius 3 is 2.59 bits per heavy atom. The zero-order valence-electron chi connectivity index (χ0n) is 14.8. The summed E-state index contributed by atoms with van der Waals surface area (Å²) >= 11 is 2.08. The van der Waals surface area contributed by atoms with Gasteiger partial charge in [0.2, 0.25) is 0 Å². The van der Waals surface area contributed by atoms with Gasteiger partial charge < -0.3 is 14.2 Å². The first kappa shape index (κ1) is 20.7. The van der Waals surface area contributed by atoms with E-state index in [9.17, 15) is 9.18 Å². The van der Waals surface area contributed by atoms with Gasteiger partial charge in [-0.2, -0.15) is 5.26 Å². The van der Waals surface area contributed by atoms with Crippen molar-refractivity contribution in [3.05, 3.63) is 62.5 Å². The minimum atomic E-state index is -0.675. The van der Waals surface area contributed by atoms with E-state index in [0.29, 0.717) is 17.1 Å². The van der Waals surface area contributed by atoms with Crippen LogP contribution in [0.4, 0.5) is 4.39 Å². The second-order valence-electron chi connectivity index (χ2n) is 5.34. The Morgan fingerprint density at radius 2 is 2.00 bits per heavy atom. The van der Waals surface area contributed by atoms with Gasteiger partial charge >= 0.3 is 5.97 Å². The minimum absolute atomic E-state index is 0.102. The van der Waals surface area contributed by atoms with Crippen molar-refractivity contribution < 1.29 is 23.4 Å². The van der Waals surface area contributed by atoms with Gasteiger partial charge in [0, 0.05) is 0 Å². The monoisotopic (exact) mass is 481 g/mol. The molecule has 140 valence electrons. The van der Waals surface area contributed by atoms with E-state index in [1.54, 1.807) is 31.2 Å². The highest BCUT2D eigenvalue weighted by atomic mass is 127. The molecule has 0 spiro atoms. The maximum absolute atomic E-state index is 13.0. The van der Waals surface area contributed by atoms with Crippen LogP contribution in [0.15, 0.2) is 42.0 Å². The third kappa shape index (κ3) is 5.69. The zero-order chi connectivity index (χ0) is 19.8. The number of carbonyl (C=O) groups is 1. The van der Waals surface area contributed by atoms with Crippen LogP contribution in [0.25, 0.3) is 6.08 Å². The van der Waals surface area contributed by atoms with Gasteiger partial charge in [-0.25, -0.2) is 9.18 Å². The van der Waals surface area contributed by atoms with Gasteiger partial charge in [-0.1, -0.05) is 12.1 Å². The van der Waals surface area contributed by atoms with Crippen LogP contribution < -0.4 is 9.47 Å². The highest BCUT2D eigenvalue weighted by molar-refractivity contribution is 14.1. The fraction of sp³-hybridized carbons (Fsp3) is 0.200. The van der Waals surface area contributed by atoms with Crippen molar-refractivity contribution in [2.24, 2.45) is 0 Å². The lowest BCUT2D eigenvalue weighted by atomic mass is 10.1. The van der Waals surface area contributed by atoms with Crippen molar-refractivity contribution in [2.75, 3.05) is 13.7 Å². The molecule has 0 radical (unpaired) electrons. The summed E-state index contributed by atoms with van der Waals surface area (Å²) in [5, 5.41) is 9.16. The normalized spacial score (nSPS) is 10.9. The summed E-state index contributed by atoms with van der Waals surface area (Å²) in [5.74, 6) is -0.00631. The van der Waals surface area contributed by atoms with E-state index >= 15 is 0 Å². The molecule has 2 aromatic carbocycles. The average molecular weight is 481 g/mol. The number of hydrogen-bond acceptors (Lipinski definition) is 5. The number of nitriles is 1. The summed E-state index contributed by atoms with van der Waals surface area (Å²) < 4.78 is 29.8. The molecule has 0 bridgehead atoms. The van der Waals surface area contributed by atoms with Crippen LogP contribution in [0, 0.1) is 20.7 Å². The van der Waals surface area contributed by atoms with Gasteiger partial charge in [0.25, 0.3) is 0 Å². The Kier molecular flexibility index (Phi) is 7.61. The number of hydrogen-bond donors (Lipinski definition) is 0. The topological polar surface area (TPSA) is 68.6 Å². The van der Waals surface area contributed by atoms with Crippen LogP contribution in [0.5, 0.6) is 11.5 Å². The molecule has 0 aromatic heterocycles. The fourth-order valence-corrected chi connectivity index (χ4v) is 2.99. The Bertz CT molecular complexity index is 888. The Labute approximate surface area is 170 Å². The summed E-state index contributed by atoms with van der Waals surface area (Å²) in [6.07, 6.45) is 1.44. The molecule has 0 atom stereocenters. The van der Waals surface area contributed by atoms with Gasteiger partial charge in [-0.15, -0.1) is 0 Å². The molecular formula is C20H17FINO4. The fourth-order valence-electron chi connectivity index (χ4n) is 2.21. The largest absolute Gasteiger partial charge is 0.493 e. The van der Waals surface area contributed by atoms with Crippen LogP contribution in [-0.4, -0.2) is 19.7 Å². The summed E-state index contributed by atoms with van der Waals surface area (Å²) in [4.78, 5) is 11.8. The van der Waals surface area contributed by atoms with Gasteiger partial charge in [-0.05, 0) is 71.0 Å². The quantitative estimate of drug-likeness (QED) is 0.253. The summed E-state index contributed by atoms with van der Waals surface area (Å²) in [5.41, 5.74) is 1.32.